The van der Waals surface area contributed by atoms with Crippen LogP contribution in [0.25, 0.3) is 0 Å². The predicted molar refractivity (Wildman–Crippen MR) is 145 cm³/mol. The van der Waals surface area contributed by atoms with Crippen LogP contribution in [-0.4, -0.2) is 43.9 Å². The first-order valence-corrected chi connectivity index (χ1v) is 14.1. The van der Waals surface area contributed by atoms with Crippen LogP contribution in [0.5, 0.6) is 0 Å². The molecular formula is C29H41NO4Si. The average Bonchev–Trinajstić information content (AvgIpc) is 2.77. The maximum absolute atomic E-state index is 12.7. The molecule has 0 fully saturated rings. The molecule has 0 radical (unpaired) electrons. The highest BCUT2D eigenvalue weighted by molar-refractivity contribution is 6.99. The fourth-order valence-electron chi connectivity index (χ4n) is 4.32. The van der Waals surface area contributed by atoms with Crippen molar-refractivity contribution in [3.8, 4) is 11.8 Å². The maximum Gasteiger partial charge on any atom is 0.408 e. The number of hydrogen-bond acceptors (Lipinski definition) is 4. The minimum absolute atomic E-state index is 0.115. The first-order valence-electron chi connectivity index (χ1n) is 12.2. The summed E-state index contributed by atoms with van der Waals surface area (Å²) in [6, 6.07) is 19.9. The highest BCUT2D eigenvalue weighted by Gasteiger charge is 2.50. The van der Waals surface area contributed by atoms with Crippen LogP contribution in [0.1, 0.15) is 55.4 Å². The van der Waals surface area contributed by atoms with E-state index in [1.54, 1.807) is 6.92 Å². The molecule has 0 aromatic heterocycles. The average molecular weight is 496 g/mol. The molecule has 2 aromatic rings. The van der Waals surface area contributed by atoms with Gasteiger partial charge in [-0.1, -0.05) is 87.4 Å². The number of carbonyl (C=O) groups is 1. The maximum atomic E-state index is 12.7. The SMILES string of the molecule is CC#C[C@@H](C)[C@@H](O)[C@H](CO[Si](c1ccccc1)(c1ccccc1)C(C)(C)C)NC(=O)OC(C)(C)C. The molecule has 1 amide bonds. The van der Waals surface area contributed by atoms with Gasteiger partial charge in [0.2, 0.25) is 0 Å². The molecule has 0 aliphatic carbocycles. The van der Waals surface area contributed by atoms with Crippen LogP contribution in [0.2, 0.25) is 5.04 Å². The van der Waals surface area contributed by atoms with Crippen molar-refractivity contribution in [2.75, 3.05) is 6.61 Å². The number of benzene rings is 2. The van der Waals surface area contributed by atoms with E-state index in [0.717, 1.165) is 10.4 Å². The van der Waals surface area contributed by atoms with E-state index in [1.807, 2.05) is 64.1 Å². The zero-order chi connectivity index (χ0) is 26.3. The van der Waals surface area contributed by atoms with Crippen LogP contribution >= 0.6 is 0 Å². The minimum Gasteiger partial charge on any atom is -0.444 e. The van der Waals surface area contributed by atoms with E-state index in [2.05, 4.69) is 62.2 Å². The predicted octanol–water partition coefficient (Wildman–Crippen LogP) is 4.48. The topological polar surface area (TPSA) is 67.8 Å². The Hall–Kier alpha value is -2.59. The molecule has 0 spiro atoms. The van der Waals surface area contributed by atoms with E-state index in [-0.39, 0.29) is 17.6 Å². The van der Waals surface area contributed by atoms with Crippen molar-refractivity contribution in [2.45, 2.75) is 78.2 Å². The highest BCUT2D eigenvalue weighted by Crippen LogP contribution is 2.37. The van der Waals surface area contributed by atoms with Gasteiger partial charge in [-0.3, -0.25) is 0 Å². The van der Waals surface area contributed by atoms with Crippen molar-refractivity contribution in [2.24, 2.45) is 5.92 Å². The van der Waals surface area contributed by atoms with Gasteiger partial charge in [0.05, 0.1) is 18.8 Å². The largest absolute Gasteiger partial charge is 0.444 e. The van der Waals surface area contributed by atoms with E-state index in [9.17, 15) is 9.90 Å². The molecule has 6 heteroatoms. The van der Waals surface area contributed by atoms with Crippen LogP contribution in [-0.2, 0) is 9.16 Å². The number of alkyl carbamates (subject to hydrolysis) is 1. The number of carbonyl (C=O) groups excluding carboxylic acids is 1. The van der Waals surface area contributed by atoms with Crippen molar-refractivity contribution >= 4 is 24.8 Å². The molecule has 0 saturated carbocycles. The van der Waals surface area contributed by atoms with Crippen LogP contribution in [0, 0.1) is 17.8 Å². The van der Waals surface area contributed by atoms with Gasteiger partial charge < -0.3 is 19.6 Å². The molecule has 3 atom stereocenters. The van der Waals surface area contributed by atoms with Gasteiger partial charge >= 0.3 is 6.09 Å². The van der Waals surface area contributed by atoms with Gasteiger partial charge in [-0.2, -0.15) is 0 Å². The summed E-state index contributed by atoms with van der Waals surface area (Å²) in [5.74, 6) is 5.50. The Morgan fingerprint density at radius 2 is 1.46 bits per heavy atom. The third-order valence-corrected chi connectivity index (χ3v) is 10.9. The molecule has 2 rings (SSSR count). The number of nitrogens with one attached hydrogen (secondary N) is 1. The van der Waals surface area contributed by atoms with Crippen LogP contribution < -0.4 is 15.7 Å². The first-order chi connectivity index (χ1) is 16.3. The Labute approximate surface area is 212 Å². The quantitative estimate of drug-likeness (QED) is 0.419. The minimum atomic E-state index is -2.85. The number of aliphatic hydroxyl groups excluding tert-OH is 1. The van der Waals surface area contributed by atoms with Crippen LogP contribution in [0.4, 0.5) is 4.79 Å². The number of aliphatic hydroxyl groups is 1. The summed E-state index contributed by atoms with van der Waals surface area (Å²) >= 11 is 0. The Bertz CT molecular complexity index is 961. The van der Waals surface area contributed by atoms with Crippen molar-refractivity contribution in [1.29, 1.82) is 0 Å². The van der Waals surface area contributed by atoms with Crippen LogP contribution in [0.15, 0.2) is 60.7 Å². The van der Waals surface area contributed by atoms with Gasteiger partial charge in [0.25, 0.3) is 8.32 Å². The molecule has 2 N–H and O–H groups in total. The first kappa shape index (κ1) is 28.6. The lowest BCUT2D eigenvalue weighted by atomic mass is 9.99. The molecule has 5 nitrogen and oxygen atoms in total. The summed E-state index contributed by atoms with van der Waals surface area (Å²) in [5, 5.41) is 16.0. The summed E-state index contributed by atoms with van der Waals surface area (Å²) in [7, 11) is -2.85. The third kappa shape index (κ3) is 7.44. The Morgan fingerprint density at radius 1 is 0.971 bits per heavy atom. The second kappa shape index (κ2) is 11.9. The molecule has 0 aliphatic rings. The Kier molecular flexibility index (Phi) is 9.74. The van der Waals surface area contributed by atoms with E-state index in [1.165, 1.54) is 0 Å². The molecule has 0 bridgehead atoms. The molecule has 0 saturated heterocycles. The lowest BCUT2D eigenvalue weighted by molar-refractivity contribution is 0.0306. The monoisotopic (exact) mass is 495 g/mol. The van der Waals surface area contributed by atoms with Gasteiger partial charge in [-0.15, -0.1) is 5.92 Å². The van der Waals surface area contributed by atoms with Gasteiger partial charge in [-0.05, 0) is 50.0 Å². The summed E-state index contributed by atoms with van der Waals surface area (Å²) in [6.45, 7) is 15.7. The molecule has 0 heterocycles. The van der Waals surface area contributed by atoms with E-state index in [4.69, 9.17) is 9.16 Å². The number of rotatable bonds is 8. The zero-order valence-electron chi connectivity index (χ0n) is 22.4. The molecule has 190 valence electrons. The summed E-state index contributed by atoms with van der Waals surface area (Å²) in [6.07, 6.45) is -1.53. The van der Waals surface area contributed by atoms with Crippen LogP contribution in [0.3, 0.4) is 0 Å². The second-order valence-corrected chi connectivity index (χ2v) is 15.2. The van der Waals surface area contributed by atoms with E-state index < -0.39 is 32.2 Å². The summed E-state index contributed by atoms with van der Waals surface area (Å²) < 4.78 is 12.5. The molecule has 0 aliphatic heterocycles. The van der Waals surface area contributed by atoms with Crippen molar-refractivity contribution < 1.29 is 19.1 Å². The van der Waals surface area contributed by atoms with Gasteiger partial charge in [0.1, 0.15) is 5.60 Å². The summed E-state index contributed by atoms with van der Waals surface area (Å²) in [4.78, 5) is 12.7. The molecular weight excluding hydrogens is 454 g/mol. The highest BCUT2D eigenvalue weighted by atomic mass is 28.4. The second-order valence-electron chi connectivity index (χ2n) is 10.9. The Morgan fingerprint density at radius 3 is 1.86 bits per heavy atom. The lowest BCUT2D eigenvalue weighted by Gasteiger charge is -2.44. The van der Waals surface area contributed by atoms with Crippen molar-refractivity contribution in [3.05, 3.63) is 60.7 Å². The molecule has 35 heavy (non-hydrogen) atoms. The standard InChI is InChI=1S/C29H41NO4Si/c1-9-16-22(2)26(31)25(30-27(32)34-28(3,4)5)21-33-35(29(6,7)8,23-17-12-10-13-18-23)24-19-14-11-15-20-24/h10-15,17-20,22,25-26,31H,21H2,1-8H3,(H,30,32)/t22-,25+,26-/m1/s1. The smallest absolute Gasteiger partial charge is 0.408 e. The van der Waals surface area contributed by atoms with E-state index >= 15 is 0 Å². The fourth-order valence-corrected chi connectivity index (χ4v) is 8.91. The van der Waals surface area contributed by atoms with Gasteiger partial charge in [0.15, 0.2) is 0 Å². The number of amides is 1. The number of hydrogen-bond donors (Lipinski definition) is 2. The van der Waals surface area contributed by atoms with E-state index in [0.29, 0.717) is 0 Å². The summed E-state index contributed by atoms with van der Waals surface area (Å²) in [5.41, 5.74) is -0.659. The van der Waals surface area contributed by atoms with Crippen molar-refractivity contribution in [1.82, 2.24) is 5.32 Å². The Balaban J connectivity index is 2.52. The normalized spacial score (nSPS) is 14.8. The molecule has 2 aromatic carbocycles. The van der Waals surface area contributed by atoms with Gasteiger partial charge in [-0.25, -0.2) is 4.79 Å². The fraction of sp³-hybridized carbons (Fsp3) is 0.483. The van der Waals surface area contributed by atoms with Gasteiger partial charge in [0, 0.05) is 5.92 Å². The molecule has 0 unspecified atom stereocenters. The lowest BCUT2D eigenvalue weighted by Crippen LogP contribution is -2.68. The van der Waals surface area contributed by atoms with Crippen molar-refractivity contribution in [3.63, 3.8) is 0 Å². The zero-order valence-corrected chi connectivity index (χ0v) is 23.4. The third-order valence-electron chi connectivity index (χ3n) is 5.89. The number of ether oxygens (including phenoxy) is 1.